The number of nitrogens with one attached hydrogen (secondary N) is 2. The quantitative estimate of drug-likeness (QED) is 0.524. The lowest BCUT2D eigenvalue weighted by molar-refractivity contribution is -0.117. The number of carbonyl (C=O) groups excluding carboxylic acids is 2. The van der Waals surface area contributed by atoms with E-state index in [2.05, 4.69) is 15.4 Å². The first-order chi connectivity index (χ1) is 14.0. The Kier molecular flexibility index (Phi) is 6.78. The van der Waals surface area contributed by atoms with E-state index >= 15 is 0 Å². The molecule has 2 aromatic rings. The molecule has 0 fully saturated rings. The Morgan fingerprint density at radius 3 is 2.66 bits per heavy atom. The number of amides is 2. The molecule has 0 spiro atoms. The molecule has 0 bridgehead atoms. The molecule has 2 N–H and O–H groups in total. The zero-order valence-corrected chi connectivity index (χ0v) is 15.5. The van der Waals surface area contributed by atoms with Gasteiger partial charge in [0.05, 0.1) is 6.54 Å². The highest BCUT2D eigenvalue weighted by Crippen LogP contribution is 2.26. The summed E-state index contributed by atoms with van der Waals surface area (Å²) in [6.07, 6.45) is 4.06. The van der Waals surface area contributed by atoms with Crippen molar-refractivity contribution in [3.63, 3.8) is 0 Å². The van der Waals surface area contributed by atoms with E-state index in [4.69, 9.17) is 4.74 Å². The predicted molar refractivity (Wildman–Crippen MR) is 104 cm³/mol. The van der Waals surface area contributed by atoms with Crippen LogP contribution in [0.2, 0.25) is 0 Å². The third-order valence-corrected chi connectivity index (χ3v) is 4.17. The maximum atomic E-state index is 12.1. The number of benzene rings is 2. The van der Waals surface area contributed by atoms with Gasteiger partial charge in [0, 0.05) is 18.2 Å². The number of fused-ring (bicyclic) bond motifs is 1. The fourth-order valence-corrected chi connectivity index (χ4v) is 2.78. The standard InChI is InChI=1S/C21H20F2N2O4/c22-21(23)29-16-5-1-14(2-6-16)3-9-19(26)24-11-12-28-17-7-8-18-15(13-17)4-10-20(27)25-18/h1-3,5-9,13,21H,4,10-12H2,(H,24,26)(H,25,27)/b9-3+. The van der Waals surface area contributed by atoms with Gasteiger partial charge in [-0.1, -0.05) is 12.1 Å². The minimum absolute atomic E-state index is 0.0133. The summed E-state index contributed by atoms with van der Waals surface area (Å²) in [5, 5.41) is 5.51. The molecule has 2 aromatic carbocycles. The number of rotatable bonds is 8. The van der Waals surface area contributed by atoms with Gasteiger partial charge in [0.2, 0.25) is 11.8 Å². The molecule has 6 nitrogen and oxygen atoms in total. The van der Waals surface area contributed by atoms with Gasteiger partial charge in [0.25, 0.3) is 0 Å². The number of anilines is 1. The van der Waals surface area contributed by atoms with Gasteiger partial charge in [0.15, 0.2) is 0 Å². The smallest absolute Gasteiger partial charge is 0.387 e. The van der Waals surface area contributed by atoms with Crippen molar-refractivity contribution in [2.24, 2.45) is 0 Å². The Morgan fingerprint density at radius 2 is 1.90 bits per heavy atom. The van der Waals surface area contributed by atoms with Crippen LogP contribution in [0.15, 0.2) is 48.5 Å². The van der Waals surface area contributed by atoms with E-state index in [1.54, 1.807) is 30.3 Å². The van der Waals surface area contributed by atoms with Gasteiger partial charge in [-0.3, -0.25) is 9.59 Å². The Hall–Kier alpha value is -3.42. The summed E-state index contributed by atoms with van der Waals surface area (Å²) >= 11 is 0. The van der Waals surface area contributed by atoms with Crippen LogP contribution in [0.1, 0.15) is 17.5 Å². The van der Waals surface area contributed by atoms with Crippen LogP contribution in [-0.4, -0.2) is 31.6 Å². The van der Waals surface area contributed by atoms with E-state index < -0.39 is 6.61 Å². The van der Waals surface area contributed by atoms with Gasteiger partial charge in [-0.2, -0.15) is 8.78 Å². The molecule has 3 rings (SSSR count). The lowest BCUT2D eigenvalue weighted by Crippen LogP contribution is -2.26. The van der Waals surface area contributed by atoms with Gasteiger partial charge in [-0.05, 0) is 54.0 Å². The molecule has 1 heterocycles. The first-order valence-electron chi connectivity index (χ1n) is 9.06. The Balaban J connectivity index is 1.40. The van der Waals surface area contributed by atoms with Gasteiger partial charge in [-0.25, -0.2) is 0 Å². The van der Waals surface area contributed by atoms with Gasteiger partial charge < -0.3 is 20.1 Å². The van der Waals surface area contributed by atoms with Crippen molar-refractivity contribution in [2.45, 2.75) is 19.5 Å². The Morgan fingerprint density at radius 1 is 1.14 bits per heavy atom. The molecule has 0 saturated carbocycles. The van der Waals surface area contributed by atoms with Crippen LogP contribution in [0.3, 0.4) is 0 Å². The maximum absolute atomic E-state index is 12.1. The zero-order chi connectivity index (χ0) is 20.6. The monoisotopic (exact) mass is 402 g/mol. The van der Waals surface area contributed by atoms with Crippen molar-refractivity contribution in [3.8, 4) is 11.5 Å². The van der Waals surface area contributed by atoms with Crippen LogP contribution in [0.5, 0.6) is 11.5 Å². The van der Waals surface area contributed by atoms with E-state index in [0.717, 1.165) is 11.3 Å². The number of ether oxygens (including phenoxy) is 2. The van der Waals surface area contributed by atoms with E-state index in [-0.39, 0.29) is 17.6 Å². The van der Waals surface area contributed by atoms with Crippen molar-refractivity contribution in [1.29, 1.82) is 0 Å². The molecule has 0 saturated heterocycles. The molecule has 0 unspecified atom stereocenters. The first kappa shape index (κ1) is 20.3. The summed E-state index contributed by atoms with van der Waals surface area (Å²) in [7, 11) is 0. The molecular weight excluding hydrogens is 382 g/mol. The van der Waals surface area contributed by atoms with Crippen molar-refractivity contribution in [1.82, 2.24) is 5.32 Å². The van der Waals surface area contributed by atoms with Crippen LogP contribution in [0.4, 0.5) is 14.5 Å². The molecule has 0 radical (unpaired) electrons. The fourth-order valence-electron chi connectivity index (χ4n) is 2.78. The van der Waals surface area contributed by atoms with Gasteiger partial charge in [-0.15, -0.1) is 0 Å². The van der Waals surface area contributed by atoms with Crippen molar-refractivity contribution >= 4 is 23.6 Å². The summed E-state index contributed by atoms with van der Waals surface area (Å²) in [5.41, 5.74) is 2.51. The highest BCUT2D eigenvalue weighted by Gasteiger charge is 2.14. The van der Waals surface area contributed by atoms with Gasteiger partial charge in [0.1, 0.15) is 18.1 Å². The molecule has 0 atom stereocenters. The zero-order valence-electron chi connectivity index (χ0n) is 15.5. The largest absolute Gasteiger partial charge is 0.492 e. The van der Waals surface area contributed by atoms with E-state index in [1.165, 1.54) is 18.2 Å². The second kappa shape index (κ2) is 9.68. The second-order valence-corrected chi connectivity index (χ2v) is 6.29. The summed E-state index contributed by atoms with van der Waals surface area (Å²) in [6.45, 7) is -2.26. The van der Waals surface area contributed by atoms with Crippen LogP contribution in [0.25, 0.3) is 6.08 Å². The number of hydrogen-bond acceptors (Lipinski definition) is 4. The number of hydrogen-bond donors (Lipinski definition) is 2. The molecule has 0 aromatic heterocycles. The summed E-state index contributed by atoms with van der Waals surface area (Å²) in [4.78, 5) is 23.2. The number of halogens is 2. The normalized spacial score (nSPS) is 13.1. The van der Waals surface area contributed by atoms with E-state index in [9.17, 15) is 18.4 Å². The molecular formula is C21H20F2N2O4. The average molecular weight is 402 g/mol. The lowest BCUT2D eigenvalue weighted by atomic mass is 10.0. The topological polar surface area (TPSA) is 76.7 Å². The fraction of sp³-hybridized carbons (Fsp3) is 0.238. The van der Waals surface area contributed by atoms with Gasteiger partial charge >= 0.3 is 6.61 Å². The summed E-state index contributed by atoms with van der Waals surface area (Å²) in [6, 6.07) is 11.4. The van der Waals surface area contributed by atoms with Crippen molar-refractivity contribution < 1.29 is 27.8 Å². The maximum Gasteiger partial charge on any atom is 0.387 e. The van der Waals surface area contributed by atoms with Crippen molar-refractivity contribution in [2.75, 3.05) is 18.5 Å². The Labute approximate surface area is 166 Å². The Bertz CT molecular complexity index is 898. The average Bonchev–Trinajstić information content (AvgIpc) is 2.70. The number of aryl methyl sites for hydroxylation is 1. The molecule has 0 aliphatic carbocycles. The molecule has 8 heteroatoms. The van der Waals surface area contributed by atoms with Crippen LogP contribution in [-0.2, 0) is 16.0 Å². The highest BCUT2D eigenvalue weighted by molar-refractivity contribution is 5.94. The van der Waals surface area contributed by atoms with Crippen molar-refractivity contribution in [3.05, 3.63) is 59.7 Å². The SMILES string of the molecule is O=C(/C=C/c1ccc(OC(F)F)cc1)NCCOc1ccc2c(c1)CCC(=O)N2. The van der Waals surface area contributed by atoms with Crippen LogP contribution >= 0.6 is 0 Å². The van der Waals surface area contributed by atoms with E-state index in [0.29, 0.717) is 37.3 Å². The van der Waals surface area contributed by atoms with Crippen LogP contribution in [0, 0.1) is 0 Å². The molecule has 1 aliphatic heterocycles. The second-order valence-electron chi connectivity index (χ2n) is 6.29. The molecule has 1 aliphatic rings. The number of alkyl halides is 2. The highest BCUT2D eigenvalue weighted by atomic mass is 19.3. The minimum atomic E-state index is -2.87. The third kappa shape index (κ3) is 6.31. The lowest BCUT2D eigenvalue weighted by Gasteiger charge is -2.17. The summed E-state index contributed by atoms with van der Waals surface area (Å²) in [5.74, 6) is 0.452. The van der Waals surface area contributed by atoms with Crippen LogP contribution < -0.4 is 20.1 Å². The van der Waals surface area contributed by atoms with E-state index in [1.807, 2.05) is 6.07 Å². The molecule has 29 heavy (non-hydrogen) atoms. The minimum Gasteiger partial charge on any atom is -0.492 e. The molecule has 2 amide bonds. The summed E-state index contributed by atoms with van der Waals surface area (Å²) < 4.78 is 34.1. The first-order valence-corrected chi connectivity index (χ1v) is 9.06. The molecule has 152 valence electrons. The third-order valence-electron chi connectivity index (χ3n) is 4.17. The predicted octanol–water partition coefficient (Wildman–Crippen LogP) is 3.38. The number of carbonyl (C=O) groups is 2.